The zero-order valence-corrected chi connectivity index (χ0v) is 13.6. The Hall–Kier alpha value is -0.680. The van der Waals surface area contributed by atoms with Crippen LogP contribution in [0.4, 0.5) is 0 Å². The highest BCUT2D eigenvalue weighted by Crippen LogP contribution is 2.72. The maximum Gasteiger partial charge on any atom is 0.134 e. The van der Waals surface area contributed by atoms with Crippen LogP contribution in [0.15, 0.2) is 30.3 Å². The van der Waals surface area contributed by atoms with Gasteiger partial charge in [0.1, 0.15) is 5.78 Å². The maximum absolute atomic E-state index is 12.0. The highest BCUT2D eigenvalue weighted by atomic mass is 31.1. The Labute approximate surface area is 118 Å². The van der Waals surface area contributed by atoms with Crippen molar-refractivity contribution in [2.24, 2.45) is 0 Å². The van der Waals surface area contributed by atoms with Crippen LogP contribution in [0.3, 0.4) is 0 Å². The summed E-state index contributed by atoms with van der Waals surface area (Å²) in [5.74, 6) is 0.439. The third-order valence-electron chi connectivity index (χ3n) is 4.23. The molecular formula is C17H25OP. The molecule has 104 valence electrons. The highest BCUT2D eigenvalue weighted by molar-refractivity contribution is 7.61. The summed E-state index contributed by atoms with van der Waals surface area (Å²) in [5, 5.41) is 0.285. The van der Waals surface area contributed by atoms with Gasteiger partial charge in [0.05, 0.1) is 0 Å². The summed E-state index contributed by atoms with van der Waals surface area (Å²) in [7, 11) is -0.243. The molecule has 1 saturated heterocycles. The average Bonchev–Trinajstić information content (AvgIpc) is 2.26. The van der Waals surface area contributed by atoms with Crippen LogP contribution in [0, 0.1) is 0 Å². The fraction of sp³-hybridized carbons (Fsp3) is 0.588. The van der Waals surface area contributed by atoms with Crippen molar-refractivity contribution in [3.8, 4) is 0 Å². The van der Waals surface area contributed by atoms with Crippen molar-refractivity contribution < 1.29 is 4.79 Å². The Bertz CT molecular complexity index is 441. The molecule has 0 aromatic heterocycles. The van der Waals surface area contributed by atoms with Crippen LogP contribution in [-0.2, 0) is 4.79 Å². The van der Waals surface area contributed by atoms with E-state index in [0.29, 0.717) is 11.4 Å². The first kappa shape index (κ1) is 14.7. The van der Waals surface area contributed by atoms with E-state index in [2.05, 4.69) is 65.0 Å². The van der Waals surface area contributed by atoms with E-state index >= 15 is 0 Å². The van der Waals surface area contributed by atoms with E-state index in [1.807, 2.05) is 0 Å². The van der Waals surface area contributed by atoms with Crippen molar-refractivity contribution in [2.75, 3.05) is 0 Å². The lowest BCUT2D eigenvalue weighted by Gasteiger charge is -2.52. The first-order chi connectivity index (χ1) is 8.74. The molecule has 0 radical (unpaired) electrons. The minimum Gasteiger partial charge on any atom is -0.300 e. The predicted molar refractivity (Wildman–Crippen MR) is 84.2 cm³/mol. The van der Waals surface area contributed by atoms with Gasteiger partial charge in [-0.25, -0.2) is 0 Å². The van der Waals surface area contributed by atoms with Crippen LogP contribution >= 0.6 is 7.92 Å². The van der Waals surface area contributed by atoms with Crippen molar-refractivity contribution >= 4 is 13.7 Å². The fourth-order valence-corrected chi connectivity index (χ4v) is 8.85. The smallest absolute Gasteiger partial charge is 0.134 e. The largest absolute Gasteiger partial charge is 0.300 e. The third kappa shape index (κ3) is 2.92. The molecule has 0 N–H and O–H groups in total. The number of carbonyl (C=O) groups excluding carboxylic acids is 1. The lowest BCUT2D eigenvalue weighted by Crippen LogP contribution is -2.41. The summed E-state index contributed by atoms with van der Waals surface area (Å²) < 4.78 is 0. The van der Waals surface area contributed by atoms with Gasteiger partial charge in [-0.15, -0.1) is 0 Å². The number of hydrogen-bond donors (Lipinski definition) is 0. The van der Waals surface area contributed by atoms with Crippen LogP contribution in [-0.4, -0.2) is 16.1 Å². The molecule has 2 heteroatoms. The van der Waals surface area contributed by atoms with Gasteiger partial charge in [0.25, 0.3) is 0 Å². The molecule has 1 aromatic carbocycles. The van der Waals surface area contributed by atoms with Gasteiger partial charge in [-0.2, -0.15) is 0 Å². The van der Waals surface area contributed by atoms with E-state index in [1.165, 1.54) is 5.56 Å². The predicted octanol–water partition coefficient (Wildman–Crippen LogP) is 5.15. The normalized spacial score (nSPS) is 24.2. The fourth-order valence-electron chi connectivity index (χ4n) is 3.95. The molecule has 0 bridgehead atoms. The molecule has 0 aliphatic carbocycles. The van der Waals surface area contributed by atoms with Crippen LogP contribution in [0.5, 0.6) is 0 Å². The minimum absolute atomic E-state index is 0.142. The molecule has 0 amide bonds. The van der Waals surface area contributed by atoms with Crippen LogP contribution in [0.1, 0.15) is 58.7 Å². The first-order valence-corrected chi connectivity index (χ1v) is 8.51. The average molecular weight is 276 g/mol. The number of rotatable bonds is 2. The molecule has 19 heavy (non-hydrogen) atoms. The van der Waals surface area contributed by atoms with Crippen molar-refractivity contribution in [3.05, 3.63) is 35.9 Å². The molecule has 0 saturated carbocycles. The van der Waals surface area contributed by atoms with Crippen LogP contribution < -0.4 is 0 Å². The van der Waals surface area contributed by atoms with Crippen molar-refractivity contribution in [1.82, 2.24) is 0 Å². The van der Waals surface area contributed by atoms with E-state index in [9.17, 15) is 4.79 Å². The monoisotopic (exact) mass is 276 g/mol. The molecule has 1 aliphatic heterocycles. The second-order valence-corrected chi connectivity index (χ2v) is 10.9. The number of hydrogen-bond acceptors (Lipinski definition) is 1. The van der Waals surface area contributed by atoms with Crippen molar-refractivity contribution in [2.45, 2.75) is 63.4 Å². The first-order valence-electron chi connectivity index (χ1n) is 7.10. The molecule has 1 heterocycles. The zero-order valence-electron chi connectivity index (χ0n) is 12.7. The lowest BCUT2D eigenvalue weighted by molar-refractivity contribution is -0.120. The number of Topliss-reactive ketones (excluding diaryl/α,β-unsaturated/α-hetero) is 1. The number of benzene rings is 1. The quantitative estimate of drug-likeness (QED) is 0.683. The molecule has 1 aromatic rings. The zero-order chi connectivity index (χ0) is 14.3. The van der Waals surface area contributed by atoms with Crippen molar-refractivity contribution in [1.29, 1.82) is 0 Å². The Morgan fingerprint density at radius 3 is 1.95 bits per heavy atom. The van der Waals surface area contributed by atoms with E-state index in [0.717, 1.165) is 12.8 Å². The maximum atomic E-state index is 12.0. The van der Waals surface area contributed by atoms with Gasteiger partial charge >= 0.3 is 0 Å². The topological polar surface area (TPSA) is 17.1 Å². The number of ketones is 1. The molecule has 1 atom stereocenters. The molecular weight excluding hydrogens is 251 g/mol. The Kier molecular flexibility index (Phi) is 3.89. The summed E-state index contributed by atoms with van der Waals surface area (Å²) in [5.41, 5.74) is 1.97. The van der Waals surface area contributed by atoms with Crippen molar-refractivity contribution in [3.63, 3.8) is 0 Å². The van der Waals surface area contributed by atoms with E-state index in [-0.39, 0.29) is 18.2 Å². The standard InChI is InChI=1S/C17H25OP/c1-13(14-9-7-6-8-10-14)19-16(2,3)11-15(18)12-17(19,4)5/h6-10,13H,11-12H2,1-5H3. The second kappa shape index (κ2) is 5.02. The molecule has 0 spiro atoms. The Morgan fingerprint density at radius 1 is 1.00 bits per heavy atom. The SMILES string of the molecule is CC(c1ccccc1)P1C(C)(C)CC(=O)CC1(C)C. The van der Waals surface area contributed by atoms with Gasteiger partial charge < -0.3 is 0 Å². The van der Waals surface area contributed by atoms with Gasteiger partial charge in [-0.1, -0.05) is 72.9 Å². The van der Waals surface area contributed by atoms with Gasteiger partial charge in [0, 0.05) is 18.5 Å². The summed E-state index contributed by atoms with van der Waals surface area (Å²) in [6, 6.07) is 10.8. The van der Waals surface area contributed by atoms with Gasteiger partial charge in [0.2, 0.25) is 0 Å². The molecule has 1 aliphatic rings. The van der Waals surface area contributed by atoms with E-state index in [4.69, 9.17) is 0 Å². The van der Waals surface area contributed by atoms with E-state index < -0.39 is 0 Å². The Morgan fingerprint density at radius 2 is 1.47 bits per heavy atom. The summed E-state index contributed by atoms with van der Waals surface area (Å²) >= 11 is 0. The minimum atomic E-state index is -0.243. The summed E-state index contributed by atoms with van der Waals surface area (Å²) in [6.07, 6.45) is 1.50. The van der Waals surface area contributed by atoms with Gasteiger partial charge in [-0.05, 0) is 15.9 Å². The van der Waals surface area contributed by atoms with Crippen LogP contribution in [0.25, 0.3) is 0 Å². The van der Waals surface area contributed by atoms with Crippen LogP contribution in [0.2, 0.25) is 0 Å². The summed E-state index contributed by atoms with van der Waals surface area (Å²) in [4.78, 5) is 12.0. The molecule has 2 rings (SSSR count). The van der Waals surface area contributed by atoms with Gasteiger partial charge in [-0.3, -0.25) is 4.79 Å². The molecule has 1 unspecified atom stereocenters. The lowest BCUT2D eigenvalue weighted by atomic mass is 9.96. The Balaban J connectivity index is 2.38. The molecule has 1 nitrogen and oxygen atoms in total. The summed E-state index contributed by atoms with van der Waals surface area (Å²) in [6.45, 7) is 11.5. The second-order valence-electron chi connectivity index (χ2n) is 6.97. The highest BCUT2D eigenvalue weighted by Gasteiger charge is 2.48. The third-order valence-corrected chi connectivity index (χ3v) is 8.23. The van der Waals surface area contributed by atoms with E-state index in [1.54, 1.807) is 0 Å². The number of carbonyl (C=O) groups is 1. The van der Waals surface area contributed by atoms with Gasteiger partial charge in [0.15, 0.2) is 0 Å². The molecule has 1 fully saturated rings.